The van der Waals surface area contributed by atoms with Crippen molar-refractivity contribution < 1.29 is 13.5 Å². The van der Waals surface area contributed by atoms with E-state index < -0.39 is 0 Å². The second-order valence-corrected chi connectivity index (χ2v) is 6.23. The number of benzene rings is 1. The molecule has 0 unspecified atom stereocenters. The number of ether oxygens (including phenoxy) is 1. The lowest BCUT2D eigenvalue weighted by atomic mass is 10.1. The molecule has 0 aliphatic carbocycles. The summed E-state index contributed by atoms with van der Waals surface area (Å²) in [5, 5.41) is 17.0. The van der Waals surface area contributed by atoms with Crippen LogP contribution in [0.4, 0.5) is 10.2 Å². The first-order chi connectivity index (χ1) is 13.2. The van der Waals surface area contributed by atoms with E-state index in [1.165, 1.54) is 12.1 Å². The van der Waals surface area contributed by atoms with Gasteiger partial charge in [-0.3, -0.25) is 0 Å². The quantitative estimate of drug-likeness (QED) is 0.686. The Hall–Kier alpha value is -3.47. The Morgan fingerprint density at radius 3 is 2.81 bits per heavy atom. The van der Waals surface area contributed by atoms with E-state index >= 15 is 0 Å². The molecule has 27 heavy (non-hydrogen) atoms. The van der Waals surface area contributed by atoms with Crippen molar-refractivity contribution in [3.8, 4) is 11.8 Å². The van der Waals surface area contributed by atoms with Crippen LogP contribution in [0.3, 0.4) is 0 Å². The molecule has 1 aromatic carbocycles. The highest BCUT2D eigenvalue weighted by molar-refractivity contribution is 5.43. The summed E-state index contributed by atoms with van der Waals surface area (Å²) in [6, 6.07) is 11.4. The first-order valence-corrected chi connectivity index (χ1v) is 8.53. The molecule has 1 atom stereocenters. The number of hydrogen-bond acceptors (Lipinski definition) is 7. The Morgan fingerprint density at radius 2 is 2.07 bits per heavy atom. The number of halogens is 1. The summed E-state index contributed by atoms with van der Waals surface area (Å²) in [6.45, 7) is 1.68. The number of hydrogen-bond donors (Lipinski definition) is 0. The van der Waals surface area contributed by atoms with E-state index in [9.17, 15) is 4.39 Å². The topological polar surface area (TPSA) is 88.1 Å². The minimum absolute atomic E-state index is 0.120. The Kier molecular flexibility index (Phi) is 4.66. The highest BCUT2D eigenvalue weighted by Gasteiger charge is 2.29. The molecule has 136 valence electrons. The third-order valence-electron chi connectivity index (χ3n) is 4.40. The van der Waals surface area contributed by atoms with Crippen molar-refractivity contribution in [3.05, 3.63) is 65.8 Å². The fourth-order valence-corrected chi connectivity index (χ4v) is 2.97. The van der Waals surface area contributed by atoms with Crippen LogP contribution in [0.15, 0.2) is 47.0 Å². The van der Waals surface area contributed by atoms with Crippen molar-refractivity contribution in [3.63, 3.8) is 0 Å². The summed E-state index contributed by atoms with van der Waals surface area (Å²) in [4.78, 5) is 6.45. The Morgan fingerprint density at radius 1 is 1.22 bits per heavy atom. The van der Waals surface area contributed by atoms with Crippen molar-refractivity contribution in [2.45, 2.75) is 18.9 Å². The SMILES string of the molecule is N#Cc1ccc(N2CC[C@H](c3nnc(COc4ccc(F)cc4)o3)C2)nc1. The molecule has 0 bridgehead atoms. The monoisotopic (exact) mass is 365 g/mol. The normalized spacial score (nSPS) is 16.3. The van der Waals surface area contributed by atoms with Crippen molar-refractivity contribution in [2.75, 3.05) is 18.0 Å². The number of aromatic nitrogens is 3. The Balaban J connectivity index is 1.35. The van der Waals surface area contributed by atoms with Crippen molar-refractivity contribution in [1.82, 2.24) is 15.2 Å². The van der Waals surface area contributed by atoms with Crippen molar-refractivity contribution in [1.29, 1.82) is 5.26 Å². The molecule has 1 aliphatic heterocycles. The van der Waals surface area contributed by atoms with Gasteiger partial charge in [-0.25, -0.2) is 9.37 Å². The molecule has 0 amide bonds. The predicted molar refractivity (Wildman–Crippen MR) is 93.6 cm³/mol. The van der Waals surface area contributed by atoms with Gasteiger partial charge in [-0.2, -0.15) is 5.26 Å². The Labute approximate surface area is 155 Å². The fourth-order valence-electron chi connectivity index (χ4n) is 2.97. The highest BCUT2D eigenvalue weighted by atomic mass is 19.1. The van der Waals surface area contributed by atoms with E-state index in [0.717, 1.165) is 25.3 Å². The molecule has 3 heterocycles. The molecule has 7 nitrogen and oxygen atoms in total. The van der Waals surface area contributed by atoms with Crippen LogP contribution in [0.25, 0.3) is 0 Å². The van der Waals surface area contributed by atoms with Crippen LogP contribution < -0.4 is 9.64 Å². The zero-order chi connectivity index (χ0) is 18.6. The van der Waals surface area contributed by atoms with Gasteiger partial charge in [-0.05, 0) is 42.8 Å². The van der Waals surface area contributed by atoms with Crippen LogP contribution in [0.5, 0.6) is 5.75 Å². The van der Waals surface area contributed by atoms with Gasteiger partial charge in [0.2, 0.25) is 5.89 Å². The van der Waals surface area contributed by atoms with Gasteiger partial charge in [-0.15, -0.1) is 10.2 Å². The largest absolute Gasteiger partial charge is 0.484 e. The average Bonchev–Trinajstić information content (AvgIpc) is 3.37. The van der Waals surface area contributed by atoms with Crippen LogP contribution in [-0.4, -0.2) is 28.3 Å². The standard InChI is InChI=1S/C19H16FN5O2/c20-15-2-4-16(5-3-15)26-12-18-23-24-19(27-18)14-7-8-25(11-14)17-6-1-13(9-21)10-22-17/h1-6,10,14H,7-8,11-12H2/t14-/m0/s1. The van der Waals surface area contributed by atoms with E-state index in [4.69, 9.17) is 14.4 Å². The lowest BCUT2D eigenvalue weighted by Crippen LogP contribution is -2.20. The second-order valence-electron chi connectivity index (χ2n) is 6.23. The molecule has 0 N–H and O–H groups in total. The molecule has 2 aromatic heterocycles. The second kappa shape index (κ2) is 7.41. The molecule has 0 saturated carbocycles. The molecule has 3 aromatic rings. The first-order valence-electron chi connectivity index (χ1n) is 8.53. The number of nitriles is 1. The number of anilines is 1. The molecule has 0 spiro atoms. The highest BCUT2D eigenvalue weighted by Crippen LogP contribution is 2.29. The maximum atomic E-state index is 12.9. The van der Waals surface area contributed by atoms with Crippen LogP contribution in [0.2, 0.25) is 0 Å². The zero-order valence-corrected chi connectivity index (χ0v) is 14.4. The summed E-state index contributed by atoms with van der Waals surface area (Å²) in [7, 11) is 0. The van der Waals surface area contributed by atoms with Gasteiger partial charge in [0.15, 0.2) is 6.61 Å². The molecular weight excluding hydrogens is 349 g/mol. The third-order valence-corrected chi connectivity index (χ3v) is 4.40. The molecule has 4 rings (SSSR count). The van der Waals surface area contributed by atoms with Crippen LogP contribution in [0.1, 0.15) is 29.7 Å². The van der Waals surface area contributed by atoms with Gasteiger partial charge in [0.1, 0.15) is 23.5 Å². The summed E-state index contributed by atoms with van der Waals surface area (Å²) in [5.41, 5.74) is 0.539. The van der Waals surface area contributed by atoms with Gasteiger partial charge >= 0.3 is 0 Å². The minimum Gasteiger partial charge on any atom is -0.484 e. The lowest BCUT2D eigenvalue weighted by molar-refractivity contribution is 0.256. The molecule has 1 saturated heterocycles. The van der Waals surface area contributed by atoms with Crippen molar-refractivity contribution >= 4 is 5.82 Å². The molecule has 1 fully saturated rings. The maximum absolute atomic E-state index is 12.9. The van der Waals surface area contributed by atoms with Gasteiger partial charge in [0.05, 0.1) is 11.5 Å². The summed E-state index contributed by atoms with van der Waals surface area (Å²) in [6.07, 6.45) is 2.45. The molecular formula is C19H16FN5O2. The van der Waals surface area contributed by atoms with Crippen LogP contribution in [-0.2, 0) is 6.61 Å². The smallest absolute Gasteiger partial charge is 0.253 e. The van der Waals surface area contributed by atoms with E-state index in [1.807, 2.05) is 6.07 Å². The van der Waals surface area contributed by atoms with Crippen molar-refractivity contribution in [2.24, 2.45) is 0 Å². The first kappa shape index (κ1) is 17.0. The number of rotatable bonds is 5. The van der Waals surface area contributed by atoms with E-state index in [-0.39, 0.29) is 18.3 Å². The lowest BCUT2D eigenvalue weighted by Gasteiger charge is -2.16. The van der Waals surface area contributed by atoms with E-state index in [1.54, 1.807) is 24.4 Å². The molecule has 1 aliphatic rings. The summed E-state index contributed by atoms with van der Waals surface area (Å²) >= 11 is 0. The van der Waals surface area contributed by atoms with E-state index in [0.29, 0.717) is 23.1 Å². The van der Waals surface area contributed by atoms with Crippen LogP contribution >= 0.6 is 0 Å². The number of nitrogens with zero attached hydrogens (tertiary/aromatic N) is 5. The van der Waals surface area contributed by atoms with E-state index in [2.05, 4.69) is 26.2 Å². The average molecular weight is 365 g/mol. The predicted octanol–water partition coefficient (Wildman–Crippen LogP) is 3.05. The summed E-state index contributed by atoms with van der Waals surface area (Å²) < 4.78 is 24.1. The fraction of sp³-hybridized carbons (Fsp3) is 0.263. The van der Waals surface area contributed by atoms with Crippen LogP contribution in [0, 0.1) is 17.1 Å². The third kappa shape index (κ3) is 3.87. The van der Waals surface area contributed by atoms with Gasteiger partial charge in [0, 0.05) is 19.3 Å². The molecule has 8 heteroatoms. The Bertz CT molecular complexity index is 949. The number of pyridine rings is 1. The maximum Gasteiger partial charge on any atom is 0.253 e. The zero-order valence-electron chi connectivity index (χ0n) is 14.4. The van der Waals surface area contributed by atoms with Gasteiger partial charge in [-0.1, -0.05) is 0 Å². The van der Waals surface area contributed by atoms with Gasteiger partial charge < -0.3 is 14.1 Å². The van der Waals surface area contributed by atoms with Gasteiger partial charge in [0.25, 0.3) is 5.89 Å². The molecule has 0 radical (unpaired) electrons. The minimum atomic E-state index is -0.315. The summed E-state index contributed by atoms with van der Waals surface area (Å²) in [5.74, 6) is 2.12.